The van der Waals surface area contributed by atoms with Crippen LogP contribution in [0.5, 0.6) is 0 Å². The molecule has 2 N–H and O–H groups in total. The Hall–Kier alpha value is -1.99. The van der Waals surface area contributed by atoms with Gasteiger partial charge in [-0.05, 0) is 30.7 Å². The molecule has 2 aromatic rings. The van der Waals surface area contributed by atoms with Crippen molar-refractivity contribution in [2.45, 2.75) is 24.8 Å². The first-order valence-electron chi connectivity index (χ1n) is 6.69. The average Bonchev–Trinajstić information content (AvgIpc) is 2.49. The molecule has 112 valence electrons. The molecule has 0 aliphatic rings. The first-order chi connectivity index (χ1) is 10.1. The zero-order valence-electron chi connectivity index (χ0n) is 11.8. The van der Waals surface area contributed by atoms with Crippen LogP contribution in [0.1, 0.15) is 18.9 Å². The molecule has 0 amide bonds. The van der Waals surface area contributed by atoms with E-state index in [9.17, 15) is 8.42 Å². The zero-order valence-corrected chi connectivity index (χ0v) is 12.6. The van der Waals surface area contributed by atoms with Crippen LogP contribution in [-0.2, 0) is 16.6 Å². The molecule has 1 heterocycles. The molecule has 1 aromatic heterocycles. The van der Waals surface area contributed by atoms with Gasteiger partial charge in [0.2, 0.25) is 0 Å². The smallest absolute Gasteiger partial charge is 0.261 e. The summed E-state index contributed by atoms with van der Waals surface area (Å²) in [6, 6.07) is 6.79. The predicted octanol–water partition coefficient (Wildman–Crippen LogP) is 1.78. The van der Waals surface area contributed by atoms with E-state index >= 15 is 0 Å². The van der Waals surface area contributed by atoms with Gasteiger partial charge in [0.15, 0.2) is 0 Å². The van der Waals surface area contributed by atoms with Gasteiger partial charge in [-0.15, -0.1) is 0 Å². The zero-order chi connectivity index (χ0) is 15.1. The molecule has 6 nitrogen and oxygen atoms in total. The van der Waals surface area contributed by atoms with E-state index < -0.39 is 10.0 Å². The number of benzene rings is 1. The fraction of sp³-hybridized carbons (Fsp3) is 0.286. The van der Waals surface area contributed by atoms with Crippen LogP contribution < -0.4 is 10.0 Å². The Kier molecular flexibility index (Phi) is 5.24. The lowest BCUT2D eigenvalue weighted by Gasteiger charge is -2.08. The van der Waals surface area contributed by atoms with Crippen molar-refractivity contribution in [3.05, 3.63) is 48.5 Å². The molecule has 0 saturated carbocycles. The summed E-state index contributed by atoms with van der Waals surface area (Å²) in [5.41, 5.74) is 1.39. The third-order valence-electron chi connectivity index (χ3n) is 2.80. The van der Waals surface area contributed by atoms with Crippen molar-refractivity contribution >= 4 is 15.7 Å². The maximum absolute atomic E-state index is 12.2. The standard InChI is InChI=1S/C14H18N4O2S/c1-2-7-15-8-12-3-5-14(6-4-12)21(19,20)18-13-9-16-11-17-10-13/h3-6,9-11,15,18H,2,7-8H2,1H3. The minimum Gasteiger partial charge on any atom is -0.313 e. The third kappa shape index (κ3) is 4.51. The Morgan fingerprint density at radius 1 is 1.10 bits per heavy atom. The minimum atomic E-state index is -3.61. The van der Waals surface area contributed by atoms with Crippen molar-refractivity contribution in [1.29, 1.82) is 0 Å². The van der Waals surface area contributed by atoms with Crippen molar-refractivity contribution in [3.63, 3.8) is 0 Å². The van der Waals surface area contributed by atoms with Crippen molar-refractivity contribution in [2.24, 2.45) is 0 Å². The van der Waals surface area contributed by atoms with Gasteiger partial charge < -0.3 is 5.32 Å². The second-order valence-electron chi connectivity index (χ2n) is 4.55. The molecule has 0 radical (unpaired) electrons. The third-order valence-corrected chi connectivity index (χ3v) is 4.20. The molecule has 1 aromatic carbocycles. The number of sulfonamides is 1. The Labute approximate surface area is 124 Å². The van der Waals surface area contributed by atoms with Crippen molar-refractivity contribution in [1.82, 2.24) is 15.3 Å². The van der Waals surface area contributed by atoms with Gasteiger partial charge in [0.05, 0.1) is 23.0 Å². The van der Waals surface area contributed by atoms with Crippen LogP contribution in [0.3, 0.4) is 0 Å². The molecule has 0 aliphatic heterocycles. The Morgan fingerprint density at radius 2 is 1.76 bits per heavy atom. The van der Waals surface area contributed by atoms with Crippen LogP contribution in [0, 0.1) is 0 Å². The van der Waals surface area contributed by atoms with Crippen LogP contribution in [0.15, 0.2) is 47.9 Å². The first-order valence-corrected chi connectivity index (χ1v) is 8.17. The molecule has 0 saturated heterocycles. The van der Waals surface area contributed by atoms with E-state index in [1.165, 1.54) is 18.7 Å². The SMILES string of the molecule is CCCNCc1ccc(S(=O)(=O)Nc2cncnc2)cc1. The normalized spacial score (nSPS) is 11.3. The molecule has 0 unspecified atom stereocenters. The van der Waals surface area contributed by atoms with E-state index in [0.29, 0.717) is 5.69 Å². The van der Waals surface area contributed by atoms with Crippen LogP contribution in [0.2, 0.25) is 0 Å². The van der Waals surface area contributed by atoms with E-state index in [0.717, 1.165) is 25.1 Å². The quantitative estimate of drug-likeness (QED) is 0.762. The van der Waals surface area contributed by atoms with Gasteiger partial charge in [0.25, 0.3) is 10.0 Å². The van der Waals surface area contributed by atoms with Gasteiger partial charge >= 0.3 is 0 Å². The highest BCUT2D eigenvalue weighted by atomic mass is 32.2. The summed E-state index contributed by atoms with van der Waals surface area (Å²) < 4.78 is 26.8. The van der Waals surface area contributed by atoms with Crippen LogP contribution in [-0.4, -0.2) is 24.9 Å². The summed E-state index contributed by atoms with van der Waals surface area (Å²) in [5, 5.41) is 3.27. The molecule has 0 fully saturated rings. The molecule has 7 heteroatoms. The van der Waals surface area contributed by atoms with Crippen LogP contribution in [0.4, 0.5) is 5.69 Å². The highest BCUT2D eigenvalue weighted by Crippen LogP contribution is 2.15. The lowest BCUT2D eigenvalue weighted by molar-refractivity contribution is 0.601. The Balaban J connectivity index is 2.06. The molecular formula is C14H18N4O2S. The van der Waals surface area contributed by atoms with Crippen LogP contribution >= 0.6 is 0 Å². The summed E-state index contributed by atoms with van der Waals surface area (Å²) in [5.74, 6) is 0. The summed E-state index contributed by atoms with van der Waals surface area (Å²) in [7, 11) is -3.61. The lowest BCUT2D eigenvalue weighted by Crippen LogP contribution is -2.15. The summed E-state index contributed by atoms with van der Waals surface area (Å²) in [6.07, 6.45) is 5.23. The molecule has 21 heavy (non-hydrogen) atoms. The number of nitrogens with one attached hydrogen (secondary N) is 2. The topological polar surface area (TPSA) is 84.0 Å². The molecule has 0 aliphatic carbocycles. The highest BCUT2D eigenvalue weighted by molar-refractivity contribution is 7.92. The molecule has 0 atom stereocenters. The lowest BCUT2D eigenvalue weighted by atomic mass is 10.2. The summed E-state index contributed by atoms with van der Waals surface area (Å²) >= 11 is 0. The van der Waals surface area contributed by atoms with E-state index in [1.54, 1.807) is 24.3 Å². The fourth-order valence-electron chi connectivity index (χ4n) is 1.76. The maximum atomic E-state index is 12.2. The highest BCUT2D eigenvalue weighted by Gasteiger charge is 2.14. The van der Waals surface area contributed by atoms with E-state index in [-0.39, 0.29) is 4.90 Å². The predicted molar refractivity (Wildman–Crippen MR) is 81.3 cm³/mol. The number of aromatic nitrogens is 2. The second-order valence-corrected chi connectivity index (χ2v) is 6.24. The average molecular weight is 306 g/mol. The van der Waals surface area contributed by atoms with E-state index in [4.69, 9.17) is 0 Å². The van der Waals surface area contributed by atoms with Crippen molar-refractivity contribution in [3.8, 4) is 0 Å². The molecule has 2 rings (SSSR count). The number of hydrogen-bond donors (Lipinski definition) is 2. The Morgan fingerprint density at radius 3 is 2.38 bits per heavy atom. The van der Waals surface area contributed by atoms with Gasteiger partial charge in [-0.3, -0.25) is 4.72 Å². The van der Waals surface area contributed by atoms with Crippen LogP contribution in [0.25, 0.3) is 0 Å². The second kappa shape index (κ2) is 7.14. The first kappa shape index (κ1) is 15.4. The fourth-order valence-corrected chi connectivity index (χ4v) is 2.79. The van der Waals surface area contributed by atoms with E-state index in [1.807, 2.05) is 0 Å². The minimum absolute atomic E-state index is 0.214. The number of nitrogens with zero attached hydrogens (tertiary/aromatic N) is 2. The summed E-state index contributed by atoms with van der Waals surface area (Å²) in [6.45, 7) is 3.77. The largest absolute Gasteiger partial charge is 0.313 e. The van der Waals surface area contributed by atoms with Gasteiger partial charge in [0.1, 0.15) is 6.33 Å². The summed E-state index contributed by atoms with van der Waals surface area (Å²) in [4.78, 5) is 7.76. The van der Waals surface area contributed by atoms with Gasteiger partial charge in [-0.2, -0.15) is 0 Å². The van der Waals surface area contributed by atoms with Gasteiger partial charge in [-0.1, -0.05) is 19.1 Å². The Bertz CT molecular complexity index is 657. The molecular weight excluding hydrogens is 288 g/mol. The monoisotopic (exact) mass is 306 g/mol. The van der Waals surface area contributed by atoms with Gasteiger partial charge in [-0.25, -0.2) is 18.4 Å². The van der Waals surface area contributed by atoms with Crippen molar-refractivity contribution < 1.29 is 8.42 Å². The van der Waals surface area contributed by atoms with E-state index in [2.05, 4.69) is 26.9 Å². The maximum Gasteiger partial charge on any atom is 0.261 e. The number of anilines is 1. The van der Waals surface area contributed by atoms with Crippen molar-refractivity contribution in [2.75, 3.05) is 11.3 Å². The van der Waals surface area contributed by atoms with Gasteiger partial charge in [0, 0.05) is 6.54 Å². The number of rotatable bonds is 7. The number of hydrogen-bond acceptors (Lipinski definition) is 5. The molecule has 0 spiro atoms. The molecule has 0 bridgehead atoms.